The second kappa shape index (κ2) is 7.28. The van der Waals surface area contributed by atoms with Crippen LogP contribution in [0.2, 0.25) is 0 Å². The van der Waals surface area contributed by atoms with Crippen molar-refractivity contribution in [3.8, 4) is 0 Å². The summed E-state index contributed by atoms with van der Waals surface area (Å²) < 4.78 is 0. The molecule has 0 aromatic heterocycles. The van der Waals surface area contributed by atoms with Gasteiger partial charge >= 0.3 is 0 Å². The second-order valence-electron chi connectivity index (χ2n) is 6.58. The number of likely N-dealkylation sites (N-methyl/N-ethyl adjacent to an activating group) is 1. The van der Waals surface area contributed by atoms with Crippen LogP contribution in [0.1, 0.15) is 45.6 Å². The summed E-state index contributed by atoms with van der Waals surface area (Å²) in [5.74, 6) is 0. The van der Waals surface area contributed by atoms with Gasteiger partial charge in [0.05, 0.1) is 6.61 Å². The molecular formula is C18H30N2O. The van der Waals surface area contributed by atoms with Gasteiger partial charge in [-0.3, -0.25) is 0 Å². The van der Waals surface area contributed by atoms with E-state index in [2.05, 4.69) is 55.3 Å². The molecule has 2 N–H and O–H groups in total. The Balaban J connectivity index is 1.81. The van der Waals surface area contributed by atoms with E-state index in [9.17, 15) is 5.11 Å². The number of benzene rings is 1. The molecule has 1 aliphatic rings. The first kappa shape index (κ1) is 16.3. The molecule has 0 aliphatic carbocycles. The number of aliphatic hydroxyl groups excluding tert-OH is 1. The standard InChI is InChI=1S/C18H30N2O/c1-4-19-18(3,14-21)11-7-8-12-20-15(2)13-16-9-5-6-10-17(16)20/h5-6,9-10,15,19,21H,4,7-8,11-14H2,1-3H3. The molecule has 1 aromatic rings. The van der Waals surface area contributed by atoms with E-state index in [1.807, 2.05) is 0 Å². The first-order valence-electron chi connectivity index (χ1n) is 8.30. The van der Waals surface area contributed by atoms with Gasteiger partial charge in [0.25, 0.3) is 0 Å². The lowest BCUT2D eigenvalue weighted by Crippen LogP contribution is -2.45. The molecule has 3 nitrogen and oxygen atoms in total. The number of nitrogens with one attached hydrogen (secondary N) is 1. The average molecular weight is 290 g/mol. The number of aliphatic hydroxyl groups is 1. The summed E-state index contributed by atoms with van der Waals surface area (Å²) in [5.41, 5.74) is 2.78. The van der Waals surface area contributed by atoms with Crippen molar-refractivity contribution in [2.45, 2.75) is 58.0 Å². The maximum absolute atomic E-state index is 9.53. The van der Waals surface area contributed by atoms with Gasteiger partial charge in [0.15, 0.2) is 0 Å². The summed E-state index contributed by atoms with van der Waals surface area (Å²) >= 11 is 0. The Morgan fingerprint density at radius 3 is 2.81 bits per heavy atom. The maximum Gasteiger partial charge on any atom is 0.0610 e. The quantitative estimate of drug-likeness (QED) is 0.723. The van der Waals surface area contributed by atoms with E-state index in [4.69, 9.17) is 0 Å². The largest absolute Gasteiger partial charge is 0.394 e. The molecular weight excluding hydrogens is 260 g/mol. The molecule has 2 atom stereocenters. The minimum atomic E-state index is -0.122. The summed E-state index contributed by atoms with van der Waals surface area (Å²) in [6.07, 6.45) is 4.53. The molecule has 1 aromatic carbocycles. The van der Waals surface area contributed by atoms with E-state index in [0.29, 0.717) is 6.04 Å². The first-order chi connectivity index (χ1) is 10.1. The van der Waals surface area contributed by atoms with Crippen molar-refractivity contribution in [2.24, 2.45) is 0 Å². The molecule has 2 unspecified atom stereocenters. The van der Waals surface area contributed by atoms with Crippen molar-refractivity contribution in [3.05, 3.63) is 29.8 Å². The first-order valence-corrected chi connectivity index (χ1v) is 8.30. The molecule has 0 spiro atoms. The molecule has 21 heavy (non-hydrogen) atoms. The molecule has 1 heterocycles. The predicted octanol–water partition coefficient (Wildman–Crippen LogP) is 2.97. The highest BCUT2D eigenvalue weighted by atomic mass is 16.3. The third-order valence-electron chi connectivity index (χ3n) is 4.68. The normalized spacial score (nSPS) is 20.4. The molecule has 118 valence electrons. The van der Waals surface area contributed by atoms with Gasteiger partial charge in [0.2, 0.25) is 0 Å². The van der Waals surface area contributed by atoms with E-state index in [0.717, 1.165) is 25.9 Å². The van der Waals surface area contributed by atoms with E-state index in [1.54, 1.807) is 0 Å². The molecule has 0 bridgehead atoms. The Morgan fingerprint density at radius 2 is 2.10 bits per heavy atom. The smallest absolute Gasteiger partial charge is 0.0610 e. The highest BCUT2D eigenvalue weighted by molar-refractivity contribution is 5.59. The van der Waals surface area contributed by atoms with Gasteiger partial charge in [0.1, 0.15) is 0 Å². The van der Waals surface area contributed by atoms with E-state index in [-0.39, 0.29) is 12.1 Å². The van der Waals surface area contributed by atoms with Crippen LogP contribution < -0.4 is 10.2 Å². The predicted molar refractivity (Wildman–Crippen MR) is 90.0 cm³/mol. The minimum Gasteiger partial charge on any atom is -0.394 e. The molecule has 0 amide bonds. The third-order valence-corrected chi connectivity index (χ3v) is 4.68. The van der Waals surface area contributed by atoms with Gasteiger partial charge in [-0.25, -0.2) is 0 Å². The summed E-state index contributed by atoms with van der Waals surface area (Å²) in [6, 6.07) is 9.38. The fraction of sp³-hybridized carbons (Fsp3) is 0.667. The Hall–Kier alpha value is -1.06. The number of para-hydroxylation sites is 1. The fourth-order valence-corrected chi connectivity index (χ4v) is 3.42. The second-order valence-corrected chi connectivity index (χ2v) is 6.58. The van der Waals surface area contributed by atoms with Gasteiger partial charge in [-0.1, -0.05) is 25.1 Å². The number of rotatable bonds is 8. The van der Waals surface area contributed by atoms with Crippen LogP contribution in [0.5, 0.6) is 0 Å². The van der Waals surface area contributed by atoms with Crippen LogP contribution in [0, 0.1) is 0 Å². The number of nitrogens with zero attached hydrogens (tertiary/aromatic N) is 1. The number of hydrogen-bond acceptors (Lipinski definition) is 3. The zero-order valence-corrected chi connectivity index (χ0v) is 13.7. The van der Waals surface area contributed by atoms with Crippen LogP contribution in [0.3, 0.4) is 0 Å². The van der Waals surface area contributed by atoms with Crippen LogP contribution >= 0.6 is 0 Å². The number of fused-ring (bicyclic) bond motifs is 1. The lowest BCUT2D eigenvalue weighted by Gasteiger charge is -2.29. The zero-order chi connectivity index (χ0) is 15.3. The van der Waals surface area contributed by atoms with Crippen LogP contribution in [-0.4, -0.2) is 36.4 Å². The summed E-state index contributed by atoms with van der Waals surface area (Å²) in [6.45, 7) is 8.76. The SMILES string of the molecule is CCNC(C)(CO)CCCCN1c2ccccc2CC1C. The topological polar surface area (TPSA) is 35.5 Å². The van der Waals surface area contributed by atoms with Gasteiger partial charge < -0.3 is 15.3 Å². The average Bonchev–Trinajstić information content (AvgIpc) is 2.80. The van der Waals surface area contributed by atoms with Crippen molar-refractivity contribution in [2.75, 3.05) is 24.6 Å². The molecule has 3 heteroatoms. The Morgan fingerprint density at radius 1 is 1.33 bits per heavy atom. The van der Waals surface area contributed by atoms with Crippen molar-refractivity contribution in [3.63, 3.8) is 0 Å². The van der Waals surface area contributed by atoms with Crippen molar-refractivity contribution < 1.29 is 5.11 Å². The van der Waals surface area contributed by atoms with Crippen LogP contribution in [0.25, 0.3) is 0 Å². The molecule has 0 radical (unpaired) electrons. The van der Waals surface area contributed by atoms with Crippen LogP contribution in [0.15, 0.2) is 24.3 Å². The lowest BCUT2D eigenvalue weighted by atomic mass is 9.95. The highest BCUT2D eigenvalue weighted by Gasteiger charge is 2.25. The fourth-order valence-electron chi connectivity index (χ4n) is 3.42. The Labute approximate surface area is 129 Å². The van der Waals surface area contributed by atoms with Gasteiger partial charge in [-0.05, 0) is 57.7 Å². The summed E-state index contributed by atoms with van der Waals surface area (Å²) in [7, 11) is 0. The van der Waals surface area contributed by atoms with Gasteiger partial charge in [-0.15, -0.1) is 0 Å². The van der Waals surface area contributed by atoms with Gasteiger partial charge in [-0.2, -0.15) is 0 Å². The molecule has 0 saturated carbocycles. The minimum absolute atomic E-state index is 0.122. The van der Waals surface area contributed by atoms with E-state index < -0.39 is 0 Å². The monoisotopic (exact) mass is 290 g/mol. The molecule has 2 rings (SSSR count). The summed E-state index contributed by atoms with van der Waals surface area (Å²) in [5, 5.41) is 12.9. The zero-order valence-electron chi connectivity index (χ0n) is 13.7. The summed E-state index contributed by atoms with van der Waals surface area (Å²) in [4.78, 5) is 2.54. The van der Waals surface area contributed by atoms with Gasteiger partial charge in [0, 0.05) is 23.8 Å². The van der Waals surface area contributed by atoms with Crippen molar-refractivity contribution in [1.29, 1.82) is 0 Å². The molecule has 0 saturated heterocycles. The lowest BCUT2D eigenvalue weighted by molar-refractivity contribution is 0.165. The Bertz CT molecular complexity index is 449. The van der Waals surface area contributed by atoms with Crippen LogP contribution in [-0.2, 0) is 6.42 Å². The van der Waals surface area contributed by atoms with Crippen molar-refractivity contribution in [1.82, 2.24) is 5.32 Å². The van der Waals surface area contributed by atoms with Crippen molar-refractivity contribution >= 4 is 5.69 Å². The number of unbranched alkanes of at least 4 members (excludes halogenated alkanes) is 1. The Kier molecular flexibility index (Phi) is 5.65. The molecule has 0 fully saturated rings. The maximum atomic E-state index is 9.53. The number of anilines is 1. The third kappa shape index (κ3) is 3.98. The van der Waals surface area contributed by atoms with Crippen LogP contribution in [0.4, 0.5) is 5.69 Å². The highest BCUT2D eigenvalue weighted by Crippen LogP contribution is 2.32. The number of hydrogen-bond donors (Lipinski definition) is 2. The van der Waals surface area contributed by atoms with E-state index in [1.165, 1.54) is 24.1 Å². The van der Waals surface area contributed by atoms with E-state index >= 15 is 0 Å². The molecule has 1 aliphatic heterocycles.